The monoisotopic (exact) mass is 441 g/mol. The average molecular weight is 442 g/mol. The van der Waals surface area contributed by atoms with Gasteiger partial charge in [-0.1, -0.05) is 42.9 Å². The molecule has 0 radical (unpaired) electrons. The van der Waals surface area contributed by atoms with Crippen molar-refractivity contribution in [3.63, 3.8) is 0 Å². The van der Waals surface area contributed by atoms with Gasteiger partial charge in [0.1, 0.15) is 6.54 Å². The lowest BCUT2D eigenvalue weighted by Crippen LogP contribution is -2.22. The summed E-state index contributed by atoms with van der Waals surface area (Å²) in [4.78, 5) is 39.4. The number of nitro benzene ring substituents is 1. The number of non-ortho nitro benzene ring substituents is 1. The van der Waals surface area contributed by atoms with Gasteiger partial charge in [-0.2, -0.15) is 4.99 Å². The van der Waals surface area contributed by atoms with Gasteiger partial charge in [-0.3, -0.25) is 19.7 Å². The normalized spacial score (nSPS) is 11.6. The molecule has 162 valence electrons. The zero-order valence-corrected chi connectivity index (χ0v) is 18.2. The van der Waals surface area contributed by atoms with Crippen LogP contribution in [0.4, 0.5) is 5.69 Å². The second-order valence-corrected chi connectivity index (χ2v) is 8.07. The number of thiazole rings is 1. The van der Waals surface area contributed by atoms with Crippen LogP contribution in [-0.2, 0) is 33.7 Å². The highest BCUT2D eigenvalue weighted by atomic mass is 32.1. The van der Waals surface area contributed by atoms with Gasteiger partial charge in [0.05, 0.1) is 28.7 Å². The van der Waals surface area contributed by atoms with E-state index in [0.717, 1.165) is 29.5 Å². The number of benzene rings is 2. The Kier molecular flexibility index (Phi) is 7.30. The van der Waals surface area contributed by atoms with Crippen LogP contribution >= 0.6 is 11.3 Å². The standard InChI is InChI=1S/C22H23N3O5S/c1-3-4-5-15-8-11-18-19(12-15)31-22(24(18)14-21(27)30-2)23-20(26)13-16-6-9-17(10-7-16)25(28)29/h6-12H,3-5,13-14H2,1-2H3. The van der Waals surface area contributed by atoms with Crippen molar-refractivity contribution in [1.29, 1.82) is 0 Å². The molecular formula is C22H23N3O5S. The van der Waals surface area contributed by atoms with Crippen LogP contribution in [0.15, 0.2) is 47.5 Å². The van der Waals surface area contributed by atoms with E-state index in [-0.39, 0.29) is 18.7 Å². The maximum Gasteiger partial charge on any atom is 0.325 e. The second kappa shape index (κ2) is 10.1. The van der Waals surface area contributed by atoms with Crippen LogP contribution in [0.1, 0.15) is 30.9 Å². The van der Waals surface area contributed by atoms with E-state index in [1.165, 1.54) is 36.1 Å². The van der Waals surface area contributed by atoms with E-state index in [0.29, 0.717) is 10.4 Å². The molecule has 0 bridgehead atoms. The molecule has 0 unspecified atom stereocenters. The van der Waals surface area contributed by atoms with Crippen molar-refractivity contribution < 1.29 is 19.2 Å². The molecule has 3 aromatic rings. The molecule has 0 fully saturated rings. The van der Waals surface area contributed by atoms with Gasteiger partial charge in [-0.05, 0) is 36.1 Å². The van der Waals surface area contributed by atoms with Crippen molar-refractivity contribution >= 4 is 39.1 Å². The molecule has 1 aromatic heterocycles. The Labute approximate surface area is 183 Å². The van der Waals surface area contributed by atoms with Crippen molar-refractivity contribution in [3.8, 4) is 0 Å². The van der Waals surface area contributed by atoms with Crippen LogP contribution in [0.2, 0.25) is 0 Å². The van der Waals surface area contributed by atoms with E-state index >= 15 is 0 Å². The highest BCUT2D eigenvalue weighted by Crippen LogP contribution is 2.21. The molecular weight excluding hydrogens is 418 g/mol. The number of nitrogens with zero attached hydrogens (tertiary/aromatic N) is 3. The number of carbonyl (C=O) groups is 2. The molecule has 8 nitrogen and oxygen atoms in total. The predicted octanol–water partition coefficient (Wildman–Crippen LogP) is 3.80. The molecule has 0 saturated heterocycles. The molecule has 0 saturated carbocycles. The summed E-state index contributed by atoms with van der Waals surface area (Å²) in [5, 5.41) is 10.8. The van der Waals surface area contributed by atoms with Crippen LogP contribution in [-0.4, -0.2) is 28.5 Å². The van der Waals surface area contributed by atoms with Gasteiger partial charge >= 0.3 is 5.97 Å². The van der Waals surface area contributed by atoms with E-state index < -0.39 is 16.8 Å². The number of methoxy groups -OCH3 is 1. The number of aryl methyl sites for hydroxylation is 1. The second-order valence-electron chi connectivity index (χ2n) is 7.06. The third kappa shape index (κ3) is 5.64. The first-order valence-electron chi connectivity index (χ1n) is 9.91. The first-order chi connectivity index (χ1) is 14.9. The fourth-order valence-corrected chi connectivity index (χ4v) is 4.25. The van der Waals surface area contributed by atoms with Gasteiger partial charge in [0.25, 0.3) is 11.6 Å². The lowest BCUT2D eigenvalue weighted by Gasteiger charge is -2.05. The number of hydrogen-bond acceptors (Lipinski definition) is 6. The molecule has 1 heterocycles. The van der Waals surface area contributed by atoms with E-state index in [1.54, 1.807) is 16.7 Å². The number of esters is 1. The fraction of sp³-hybridized carbons (Fsp3) is 0.318. The molecule has 0 aliphatic heterocycles. The summed E-state index contributed by atoms with van der Waals surface area (Å²) in [6, 6.07) is 11.8. The quantitative estimate of drug-likeness (QED) is 0.300. The molecule has 0 atom stereocenters. The molecule has 0 aliphatic rings. The molecule has 1 amide bonds. The summed E-state index contributed by atoms with van der Waals surface area (Å²) in [5.41, 5.74) is 2.61. The predicted molar refractivity (Wildman–Crippen MR) is 118 cm³/mol. The number of rotatable bonds is 8. The maximum atomic E-state index is 12.6. The van der Waals surface area contributed by atoms with Crippen LogP contribution in [0.3, 0.4) is 0 Å². The van der Waals surface area contributed by atoms with Crippen molar-refractivity contribution in [3.05, 3.63) is 68.5 Å². The number of unbranched alkanes of at least 4 members (excludes halogenated alkanes) is 1. The molecule has 0 N–H and O–H groups in total. The Hall–Kier alpha value is -3.33. The van der Waals surface area contributed by atoms with E-state index in [9.17, 15) is 19.7 Å². The Morgan fingerprint density at radius 3 is 2.52 bits per heavy atom. The van der Waals surface area contributed by atoms with Crippen LogP contribution in [0.25, 0.3) is 10.2 Å². The smallest absolute Gasteiger partial charge is 0.325 e. The average Bonchev–Trinajstić information content (AvgIpc) is 3.08. The highest BCUT2D eigenvalue weighted by molar-refractivity contribution is 7.16. The Morgan fingerprint density at radius 1 is 1.16 bits per heavy atom. The van der Waals surface area contributed by atoms with Gasteiger partial charge in [0.2, 0.25) is 0 Å². The van der Waals surface area contributed by atoms with Gasteiger partial charge in [0, 0.05) is 12.1 Å². The Balaban J connectivity index is 1.94. The van der Waals surface area contributed by atoms with Crippen LogP contribution in [0, 0.1) is 10.1 Å². The van der Waals surface area contributed by atoms with Gasteiger partial charge in [0.15, 0.2) is 4.80 Å². The number of aromatic nitrogens is 1. The van der Waals surface area contributed by atoms with Crippen molar-refractivity contribution in [1.82, 2.24) is 4.57 Å². The summed E-state index contributed by atoms with van der Waals surface area (Å²) in [5.74, 6) is -0.829. The highest BCUT2D eigenvalue weighted by Gasteiger charge is 2.13. The largest absolute Gasteiger partial charge is 0.468 e. The first kappa shape index (κ1) is 22.4. The van der Waals surface area contributed by atoms with Gasteiger partial charge in [-0.25, -0.2) is 0 Å². The summed E-state index contributed by atoms with van der Waals surface area (Å²) >= 11 is 1.35. The molecule has 31 heavy (non-hydrogen) atoms. The minimum Gasteiger partial charge on any atom is -0.468 e. The van der Waals surface area contributed by atoms with Crippen molar-refractivity contribution in [2.45, 2.75) is 39.2 Å². The van der Waals surface area contributed by atoms with Crippen LogP contribution < -0.4 is 4.80 Å². The summed E-state index contributed by atoms with van der Waals surface area (Å²) < 4.78 is 7.43. The Morgan fingerprint density at radius 2 is 1.87 bits per heavy atom. The zero-order chi connectivity index (χ0) is 22.4. The van der Waals surface area contributed by atoms with E-state index in [2.05, 4.69) is 18.0 Å². The first-order valence-corrected chi connectivity index (χ1v) is 10.7. The molecule has 0 spiro atoms. The number of amides is 1. The summed E-state index contributed by atoms with van der Waals surface area (Å²) in [6.45, 7) is 2.09. The van der Waals surface area contributed by atoms with E-state index in [1.807, 2.05) is 12.1 Å². The minimum absolute atomic E-state index is 0.00616. The number of fused-ring (bicyclic) bond motifs is 1. The molecule has 0 aliphatic carbocycles. The minimum atomic E-state index is -0.488. The SMILES string of the molecule is CCCCc1ccc2c(c1)sc(=NC(=O)Cc1ccc([N+](=O)[O-])cc1)n2CC(=O)OC. The number of nitro groups is 1. The number of hydrogen-bond donors (Lipinski definition) is 0. The van der Waals surface area contributed by atoms with Gasteiger partial charge < -0.3 is 9.30 Å². The van der Waals surface area contributed by atoms with E-state index in [4.69, 9.17) is 4.74 Å². The number of ether oxygens (including phenoxy) is 1. The van der Waals surface area contributed by atoms with Gasteiger partial charge in [-0.15, -0.1) is 0 Å². The topological polar surface area (TPSA) is 104 Å². The molecule has 9 heteroatoms. The lowest BCUT2D eigenvalue weighted by molar-refractivity contribution is -0.384. The summed E-state index contributed by atoms with van der Waals surface area (Å²) in [6.07, 6.45) is 3.16. The Bertz CT molecular complexity index is 1180. The lowest BCUT2D eigenvalue weighted by atomic mass is 10.1. The summed E-state index contributed by atoms with van der Waals surface area (Å²) in [7, 11) is 1.32. The molecule has 2 aromatic carbocycles. The number of carbonyl (C=O) groups excluding carboxylic acids is 2. The van der Waals surface area contributed by atoms with Crippen LogP contribution in [0.5, 0.6) is 0 Å². The third-order valence-electron chi connectivity index (χ3n) is 4.80. The molecule has 3 rings (SSSR count). The third-order valence-corrected chi connectivity index (χ3v) is 5.85. The fourth-order valence-electron chi connectivity index (χ4n) is 3.14. The van der Waals surface area contributed by atoms with Crippen molar-refractivity contribution in [2.24, 2.45) is 4.99 Å². The maximum absolute atomic E-state index is 12.6. The zero-order valence-electron chi connectivity index (χ0n) is 17.4. The van der Waals surface area contributed by atoms with Crippen molar-refractivity contribution in [2.75, 3.05) is 7.11 Å².